The predicted molar refractivity (Wildman–Crippen MR) is 112 cm³/mol. The third-order valence-electron chi connectivity index (χ3n) is 4.52. The summed E-state index contributed by atoms with van der Waals surface area (Å²) in [6.45, 7) is 2.34. The predicted octanol–water partition coefficient (Wildman–Crippen LogP) is 6.12. The smallest absolute Gasteiger partial charge is 0.364 e. The minimum atomic E-state index is -4.41. The van der Waals surface area contributed by atoms with Crippen LogP contribution in [-0.4, -0.2) is 10.9 Å². The first-order chi connectivity index (χ1) is 14.4. The molecule has 3 aromatic rings. The lowest BCUT2D eigenvalue weighted by atomic mass is 9.98. The van der Waals surface area contributed by atoms with Crippen LogP contribution in [0.25, 0.3) is 11.1 Å². The molecule has 0 saturated carbocycles. The molecule has 156 valence electrons. The fourth-order valence-corrected chi connectivity index (χ4v) is 3.06. The van der Waals surface area contributed by atoms with Gasteiger partial charge in [0.1, 0.15) is 5.82 Å². The molecule has 0 aliphatic carbocycles. The van der Waals surface area contributed by atoms with Gasteiger partial charge < -0.3 is 10.6 Å². The van der Waals surface area contributed by atoms with Crippen LogP contribution in [0.15, 0.2) is 66.9 Å². The van der Waals surface area contributed by atoms with Crippen LogP contribution < -0.4 is 10.6 Å². The van der Waals surface area contributed by atoms with Crippen molar-refractivity contribution in [3.63, 3.8) is 0 Å². The molecule has 1 amide bonds. The molecule has 7 heteroatoms. The Bertz CT molecular complexity index is 1000. The molecule has 4 nitrogen and oxygen atoms in total. The highest BCUT2D eigenvalue weighted by molar-refractivity contribution is 5.93. The molecule has 0 atom stereocenters. The van der Waals surface area contributed by atoms with E-state index in [0.717, 1.165) is 18.1 Å². The van der Waals surface area contributed by atoms with Crippen LogP contribution in [0.4, 0.5) is 24.7 Å². The van der Waals surface area contributed by atoms with E-state index >= 15 is 0 Å². The van der Waals surface area contributed by atoms with Gasteiger partial charge in [0, 0.05) is 19.2 Å². The molecular formula is C23H22F3N3O. The summed E-state index contributed by atoms with van der Waals surface area (Å²) in [6.07, 6.45) is -1.61. The van der Waals surface area contributed by atoms with Gasteiger partial charge in [0.15, 0.2) is 0 Å². The number of hydrogen-bond donors (Lipinski definition) is 2. The summed E-state index contributed by atoms with van der Waals surface area (Å²) in [5, 5.41) is 5.99. The number of aromatic nitrogens is 1. The Morgan fingerprint density at radius 1 is 1.00 bits per heavy atom. The van der Waals surface area contributed by atoms with E-state index in [1.54, 1.807) is 48.7 Å². The Hall–Kier alpha value is -3.35. The lowest BCUT2D eigenvalue weighted by molar-refractivity contribution is -0.137. The first-order valence-electron chi connectivity index (χ1n) is 9.62. The number of benzene rings is 2. The van der Waals surface area contributed by atoms with Gasteiger partial charge in [-0.3, -0.25) is 4.79 Å². The molecule has 1 heterocycles. The SMILES string of the molecule is CCCC(=O)Nc1cccnc1NCc1ccc(-c2ccccc2C(F)(F)F)cc1. The zero-order valence-electron chi connectivity index (χ0n) is 16.5. The molecule has 0 aliphatic heterocycles. The van der Waals surface area contributed by atoms with E-state index in [1.165, 1.54) is 12.1 Å². The van der Waals surface area contributed by atoms with E-state index in [-0.39, 0.29) is 11.5 Å². The van der Waals surface area contributed by atoms with Crippen molar-refractivity contribution in [1.29, 1.82) is 0 Å². The summed E-state index contributed by atoms with van der Waals surface area (Å²) < 4.78 is 39.8. The van der Waals surface area contributed by atoms with Crippen LogP contribution in [0.3, 0.4) is 0 Å². The van der Waals surface area contributed by atoms with Gasteiger partial charge in [-0.05, 0) is 41.3 Å². The van der Waals surface area contributed by atoms with Crippen molar-refractivity contribution in [2.24, 2.45) is 0 Å². The average molecular weight is 413 g/mol. The quantitative estimate of drug-likeness (QED) is 0.491. The van der Waals surface area contributed by atoms with Gasteiger partial charge in [-0.25, -0.2) is 4.98 Å². The number of amides is 1. The van der Waals surface area contributed by atoms with E-state index < -0.39 is 11.7 Å². The number of hydrogen-bond acceptors (Lipinski definition) is 3. The zero-order valence-corrected chi connectivity index (χ0v) is 16.5. The maximum Gasteiger partial charge on any atom is 0.417 e. The Morgan fingerprint density at radius 3 is 2.43 bits per heavy atom. The molecule has 0 unspecified atom stereocenters. The molecular weight excluding hydrogens is 391 g/mol. The molecule has 1 aromatic heterocycles. The zero-order chi connectivity index (χ0) is 21.6. The Kier molecular flexibility index (Phi) is 6.72. The molecule has 0 spiro atoms. The number of nitrogens with zero attached hydrogens (tertiary/aromatic N) is 1. The highest BCUT2D eigenvalue weighted by atomic mass is 19.4. The van der Waals surface area contributed by atoms with Crippen LogP contribution in [0.5, 0.6) is 0 Å². The summed E-state index contributed by atoms with van der Waals surface area (Å²) in [4.78, 5) is 16.1. The fraction of sp³-hybridized carbons (Fsp3) is 0.217. The molecule has 0 aliphatic rings. The molecule has 2 N–H and O–H groups in total. The maximum atomic E-state index is 13.3. The van der Waals surface area contributed by atoms with Gasteiger partial charge in [0.2, 0.25) is 5.91 Å². The normalized spacial score (nSPS) is 11.2. The van der Waals surface area contributed by atoms with Crippen molar-refractivity contribution in [1.82, 2.24) is 4.98 Å². The van der Waals surface area contributed by atoms with E-state index in [2.05, 4.69) is 15.6 Å². The van der Waals surface area contributed by atoms with Crippen LogP contribution in [-0.2, 0) is 17.5 Å². The average Bonchev–Trinajstić information content (AvgIpc) is 2.73. The van der Waals surface area contributed by atoms with Gasteiger partial charge >= 0.3 is 6.18 Å². The third kappa shape index (κ3) is 5.37. The summed E-state index contributed by atoms with van der Waals surface area (Å²) in [5.41, 5.74) is 1.45. The number of nitrogens with one attached hydrogen (secondary N) is 2. The second-order valence-corrected chi connectivity index (χ2v) is 6.79. The number of rotatable bonds is 7. The van der Waals surface area contributed by atoms with Gasteiger partial charge in [-0.1, -0.05) is 49.4 Å². The van der Waals surface area contributed by atoms with E-state index in [1.807, 2.05) is 6.92 Å². The molecule has 3 rings (SSSR count). The van der Waals surface area contributed by atoms with Crippen LogP contribution in [0.1, 0.15) is 30.9 Å². The number of anilines is 2. The van der Waals surface area contributed by atoms with Crippen LogP contribution in [0.2, 0.25) is 0 Å². The monoisotopic (exact) mass is 413 g/mol. The van der Waals surface area contributed by atoms with Crippen LogP contribution in [0, 0.1) is 0 Å². The maximum absolute atomic E-state index is 13.3. The topological polar surface area (TPSA) is 54.0 Å². The third-order valence-corrected chi connectivity index (χ3v) is 4.52. The van der Waals surface area contributed by atoms with Crippen LogP contribution >= 0.6 is 0 Å². The van der Waals surface area contributed by atoms with Gasteiger partial charge in [0.05, 0.1) is 11.3 Å². The highest BCUT2D eigenvalue weighted by Gasteiger charge is 2.33. The molecule has 0 fully saturated rings. The van der Waals surface area contributed by atoms with Crippen molar-refractivity contribution in [3.8, 4) is 11.1 Å². The van der Waals surface area contributed by atoms with Crippen molar-refractivity contribution in [2.45, 2.75) is 32.5 Å². The summed E-state index contributed by atoms with van der Waals surface area (Å²) in [6, 6.07) is 15.9. The van der Waals surface area contributed by atoms with Gasteiger partial charge in [-0.2, -0.15) is 13.2 Å². The van der Waals surface area contributed by atoms with Crippen molar-refractivity contribution < 1.29 is 18.0 Å². The minimum Gasteiger partial charge on any atom is -0.364 e. The van der Waals surface area contributed by atoms with Crippen molar-refractivity contribution in [2.75, 3.05) is 10.6 Å². The lowest BCUT2D eigenvalue weighted by Crippen LogP contribution is -2.13. The highest BCUT2D eigenvalue weighted by Crippen LogP contribution is 2.36. The van der Waals surface area contributed by atoms with Crippen molar-refractivity contribution >= 4 is 17.4 Å². The number of carbonyl (C=O) groups is 1. The minimum absolute atomic E-state index is 0.0822. The standard InChI is InChI=1S/C23H22F3N3O/c1-2-6-21(30)29-20-9-5-14-27-22(20)28-15-16-10-12-17(13-11-16)18-7-3-4-8-19(18)23(24,25)26/h3-5,7-14H,2,6,15H2,1H3,(H,27,28)(H,29,30). The molecule has 0 saturated heterocycles. The number of carbonyl (C=O) groups excluding carboxylic acids is 1. The Labute approximate surface area is 173 Å². The molecule has 30 heavy (non-hydrogen) atoms. The molecule has 0 bridgehead atoms. The summed E-state index contributed by atoms with van der Waals surface area (Å²) >= 11 is 0. The first kappa shape index (κ1) is 21.4. The van der Waals surface area contributed by atoms with E-state index in [0.29, 0.717) is 30.0 Å². The first-order valence-corrected chi connectivity index (χ1v) is 9.62. The second kappa shape index (κ2) is 9.43. The molecule has 0 radical (unpaired) electrons. The fourth-order valence-electron chi connectivity index (χ4n) is 3.06. The largest absolute Gasteiger partial charge is 0.417 e. The summed E-state index contributed by atoms with van der Waals surface area (Å²) in [5.74, 6) is 0.453. The molecule has 2 aromatic carbocycles. The second-order valence-electron chi connectivity index (χ2n) is 6.79. The van der Waals surface area contributed by atoms with Gasteiger partial charge in [0.25, 0.3) is 0 Å². The lowest BCUT2D eigenvalue weighted by Gasteiger charge is -2.14. The number of alkyl halides is 3. The number of pyridine rings is 1. The van der Waals surface area contributed by atoms with Crippen molar-refractivity contribution in [3.05, 3.63) is 78.0 Å². The van der Waals surface area contributed by atoms with Gasteiger partial charge in [-0.15, -0.1) is 0 Å². The van der Waals surface area contributed by atoms with E-state index in [4.69, 9.17) is 0 Å². The Morgan fingerprint density at radius 2 is 1.73 bits per heavy atom. The number of halogens is 3. The Balaban J connectivity index is 1.72. The van der Waals surface area contributed by atoms with E-state index in [9.17, 15) is 18.0 Å². The summed E-state index contributed by atoms with van der Waals surface area (Å²) in [7, 11) is 0.